The monoisotopic (exact) mass is 297 g/mol. The van der Waals surface area contributed by atoms with Crippen molar-refractivity contribution in [2.45, 2.75) is 38.7 Å². The van der Waals surface area contributed by atoms with Crippen LogP contribution < -0.4 is 9.47 Å². The molecule has 4 nitrogen and oxygen atoms in total. The average Bonchev–Trinajstić information content (AvgIpc) is 2.45. The molecule has 0 fully saturated rings. The fourth-order valence-electron chi connectivity index (χ4n) is 3.05. The molecular formula is C18H19NO3. The van der Waals surface area contributed by atoms with Crippen LogP contribution in [0.2, 0.25) is 0 Å². The standard InChI is InChI=1S/C18H19NO3/c1-12(20)13-7-8-17-14(10-13)15(11-18(2,3)22-17)16-6-4-5-9-19(16)21/h4-10,15H,11H2,1-3H3. The Hall–Kier alpha value is -2.36. The molecule has 0 saturated heterocycles. The summed E-state index contributed by atoms with van der Waals surface area (Å²) in [6.45, 7) is 5.57. The van der Waals surface area contributed by atoms with Crippen LogP contribution in [0.15, 0.2) is 42.6 Å². The molecule has 2 aromatic rings. The molecule has 2 heterocycles. The molecule has 1 aliphatic rings. The first-order valence-corrected chi connectivity index (χ1v) is 7.39. The van der Waals surface area contributed by atoms with Crippen molar-refractivity contribution in [1.82, 2.24) is 0 Å². The lowest BCUT2D eigenvalue weighted by Gasteiger charge is -2.37. The van der Waals surface area contributed by atoms with Gasteiger partial charge in [-0.3, -0.25) is 4.79 Å². The third-order valence-corrected chi connectivity index (χ3v) is 4.08. The van der Waals surface area contributed by atoms with Crippen molar-refractivity contribution in [3.05, 3.63) is 64.6 Å². The smallest absolute Gasteiger partial charge is 0.200 e. The molecule has 1 aliphatic heterocycles. The SMILES string of the molecule is CC(=O)c1ccc2c(c1)C(c1cccc[n+]1[O-])CC(C)(C)O2. The largest absolute Gasteiger partial charge is 0.618 e. The summed E-state index contributed by atoms with van der Waals surface area (Å²) in [6.07, 6.45) is 2.19. The number of aromatic nitrogens is 1. The minimum Gasteiger partial charge on any atom is -0.618 e. The van der Waals surface area contributed by atoms with Gasteiger partial charge in [0.2, 0.25) is 5.69 Å². The van der Waals surface area contributed by atoms with Crippen molar-refractivity contribution < 1.29 is 14.3 Å². The van der Waals surface area contributed by atoms with E-state index in [9.17, 15) is 10.0 Å². The normalized spacial score (nSPS) is 19.1. The zero-order chi connectivity index (χ0) is 15.9. The molecule has 0 bridgehead atoms. The van der Waals surface area contributed by atoms with Gasteiger partial charge in [0.05, 0.1) is 5.92 Å². The average molecular weight is 297 g/mol. The highest BCUT2D eigenvalue weighted by molar-refractivity contribution is 5.94. The highest BCUT2D eigenvalue weighted by Gasteiger charge is 2.38. The molecule has 0 amide bonds. The van der Waals surface area contributed by atoms with Gasteiger partial charge in [0, 0.05) is 29.7 Å². The van der Waals surface area contributed by atoms with Gasteiger partial charge in [0.25, 0.3) is 0 Å². The van der Waals surface area contributed by atoms with Crippen LogP contribution in [-0.2, 0) is 0 Å². The summed E-state index contributed by atoms with van der Waals surface area (Å²) < 4.78 is 6.92. The van der Waals surface area contributed by atoms with Crippen molar-refractivity contribution in [3.8, 4) is 5.75 Å². The summed E-state index contributed by atoms with van der Waals surface area (Å²) in [5.74, 6) is 0.668. The predicted octanol–water partition coefficient (Wildman–Crippen LogP) is 3.22. The summed E-state index contributed by atoms with van der Waals surface area (Å²) in [4.78, 5) is 11.7. The van der Waals surface area contributed by atoms with E-state index in [0.29, 0.717) is 17.7 Å². The van der Waals surface area contributed by atoms with Gasteiger partial charge in [-0.2, -0.15) is 4.73 Å². The number of pyridine rings is 1. The number of ether oxygens (including phenoxy) is 1. The van der Waals surface area contributed by atoms with E-state index in [0.717, 1.165) is 16.0 Å². The number of carbonyl (C=O) groups excluding carboxylic acids is 1. The van der Waals surface area contributed by atoms with E-state index < -0.39 is 0 Å². The molecule has 1 aromatic carbocycles. The summed E-state index contributed by atoms with van der Waals surface area (Å²) >= 11 is 0. The number of ketones is 1. The second-order valence-corrected chi connectivity index (χ2v) is 6.38. The molecular weight excluding hydrogens is 278 g/mol. The van der Waals surface area contributed by atoms with Gasteiger partial charge in [-0.25, -0.2) is 0 Å². The van der Waals surface area contributed by atoms with E-state index in [1.807, 2.05) is 38.1 Å². The first-order valence-electron chi connectivity index (χ1n) is 7.39. The minimum atomic E-state index is -0.363. The lowest BCUT2D eigenvalue weighted by atomic mass is 9.81. The molecule has 1 atom stereocenters. The van der Waals surface area contributed by atoms with E-state index in [1.54, 1.807) is 19.1 Å². The third kappa shape index (κ3) is 2.56. The Morgan fingerprint density at radius 1 is 1.32 bits per heavy atom. The fourth-order valence-corrected chi connectivity index (χ4v) is 3.05. The van der Waals surface area contributed by atoms with Crippen molar-refractivity contribution >= 4 is 5.78 Å². The molecule has 4 heteroatoms. The van der Waals surface area contributed by atoms with Gasteiger partial charge >= 0.3 is 0 Å². The molecule has 1 unspecified atom stereocenters. The van der Waals surface area contributed by atoms with Crippen molar-refractivity contribution in [1.29, 1.82) is 0 Å². The van der Waals surface area contributed by atoms with Gasteiger partial charge in [-0.15, -0.1) is 0 Å². The highest BCUT2D eigenvalue weighted by Crippen LogP contribution is 2.43. The second kappa shape index (κ2) is 5.13. The molecule has 0 radical (unpaired) electrons. The summed E-state index contributed by atoms with van der Waals surface area (Å²) in [7, 11) is 0. The molecule has 1 aromatic heterocycles. The van der Waals surface area contributed by atoms with Crippen LogP contribution >= 0.6 is 0 Å². The maximum atomic E-state index is 12.2. The summed E-state index contributed by atoms with van der Waals surface area (Å²) in [6, 6.07) is 10.9. The second-order valence-electron chi connectivity index (χ2n) is 6.38. The van der Waals surface area contributed by atoms with Crippen LogP contribution in [0.1, 0.15) is 54.7 Å². The maximum absolute atomic E-state index is 12.2. The first-order chi connectivity index (χ1) is 10.4. The lowest BCUT2D eigenvalue weighted by molar-refractivity contribution is -0.615. The fraction of sp³-hybridized carbons (Fsp3) is 0.333. The Bertz CT molecular complexity index is 737. The van der Waals surface area contributed by atoms with E-state index in [1.165, 1.54) is 6.20 Å². The van der Waals surface area contributed by atoms with E-state index in [4.69, 9.17) is 4.74 Å². The Morgan fingerprint density at radius 3 is 2.77 bits per heavy atom. The van der Waals surface area contributed by atoms with Crippen molar-refractivity contribution in [3.63, 3.8) is 0 Å². The Morgan fingerprint density at radius 2 is 2.09 bits per heavy atom. The Kier molecular flexibility index (Phi) is 3.39. The van der Waals surface area contributed by atoms with Gasteiger partial charge in [-0.05, 0) is 45.0 Å². The van der Waals surface area contributed by atoms with Gasteiger partial charge in [0.15, 0.2) is 12.0 Å². The molecule has 0 aliphatic carbocycles. The lowest BCUT2D eigenvalue weighted by Crippen LogP contribution is -2.40. The molecule has 22 heavy (non-hydrogen) atoms. The summed E-state index contributed by atoms with van der Waals surface area (Å²) in [5, 5.41) is 12.2. The van der Waals surface area contributed by atoms with Crippen LogP contribution in [0.25, 0.3) is 0 Å². The molecule has 3 rings (SSSR count). The number of benzene rings is 1. The van der Waals surface area contributed by atoms with Gasteiger partial charge in [0.1, 0.15) is 11.4 Å². The number of Topliss-reactive ketones (excluding diaryl/α,β-unsaturated/α-hetero) is 1. The number of hydrogen-bond donors (Lipinski definition) is 0. The minimum absolute atomic E-state index is 0.00875. The Labute approximate surface area is 129 Å². The van der Waals surface area contributed by atoms with Gasteiger partial charge in [-0.1, -0.05) is 0 Å². The number of fused-ring (bicyclic) bond motifs is 1. The molecule has 114 valence electrons. The zero-order valence-corrected chi connectivity index (χ0v) is 13.0. The van der Waals surface area contributed by atoms with Crippen LogP contribution in [-0.4, -0.2) is 11.4 Å². The molecule has 0 saturated carbocycles. The predicted molar refractivity (Wildman–Crippen MR) is 83.0 cm³/mol. The quantitative estimate of drug-likeness (QED) is 0.486. The van der Waals surface area contributed by atoms with Crippen molar-refractivity contribution in [2.75, 3.05) is 0 Å². The number of rotatable bonds is 2. The molecule has 0 spiro atoms. The zero-order valence-electron chi connectivity index (χ0n) is 13.0. The number of nitrogens with zero attached hydrogens (tertiary/aromatic N) is 1. The third-order valence-electron chi connectivity index (χ3n) is 4.08. The van der Waals surface area contributed by atoms with Crippen LogP contribution in [0.4, 0.5) is 0 Å². The van der Waals surface area contributed by atoms with E-state index in [2.05, 4.69) is 0 Å². The van der Waals surface area contributed by atoms with Gasteiger partial charge < -0.3 is 9.94 Å². The molecule has 0 N–H and O–H groups in total. The van der Waals surface area contributed by atoms with E-state index >= 15 is 0 Å². The van der Waals surface area contributed by atoms with Crippen LogP contribution in [0.5, 0.6) is 5.75 Å². The van der Waals surface area contributed by atoms with Crippen molar-refractivity contribution in [2.24, 2.45) is 0 Å². The highest BCUT2D eigenvalue weighted by atomic mass is 16.5. The van der Waals surface area contributed by atoms with Crippen LogP contribution in [0, 0.1) is 5.21 Å². The number of carbonyl (C=O) groups is 1. The summed E-state index contributed by atoms with van der Waals surface area (Å²) in [5.41, 5.74) is 1.86. The van der Waals surface area contributed by atoms with E-state index in [-0.39, 0.29) is 17.3 Å². The Balaban J connectivity index is 2.17. The topological polar surface area (TPSA) is 53.2 Å². The maximum Gasteiger partial charge on any atom is 0.200 e. The number of hydrogen-bond acceptors (Lipinski definition) is 3. The first kappa shape index (κ1) is 14.6. The van der Waals surface area contributed by atoms with Crippen LogP contribution in [0.3, 0.4) is 0 Å².